The van der Waals surface area contributed by atoms with Crippen molar-refractivity contribution in [3.8, 4) is 5.69 Å². The minimum atomic E-state index is -0.00202. The molecule has 0 aliphatic carbocycles. The van der Waals surface area contributed by atoms with E-state index in [2.05, 4.69) is 80.4 Å². The lowest BCUT2D eigenvalue weighted by Crippen LogP contribution is -2.07. The maximum atomic E-state index is 4.82. The Kier molecular flexibility index (Phi) is 10.8. The minimum absolute atomic E-state index is 0.00202. The van der Waals surface area contributed by atoms with Crippen LogP contribution in [0.3, 0.4) is 0 Å². The van der Waals surface area contributed by atoms with Crippen molar-refractivity contribution in [2.45, 2.75) is 68.4 Å². The highest BCUT2D eigenvalue weighted by Crippen LogP contribution is 2.41. The Balaban J connectivity index is 0.000000739. The van der Waals surface area contributed by atoms with Gasteiger partial charge in [-0.25, -0.2) is 0 Å². The van der Waals surface area contributed by atoms with Crippen molar-refractivity contribution in [1.29, 1.82) is 0 Å². The van der Waals surface area contributed by atoms with Crippen molar-refractivity contribution in [2.75, 3.05) is 0 Å². The predicted octanol–water partition coefficient (Wildman–Crippen LogP) is 8.67. The molecule has 166 valence electrons. The molecule has 0 spiro atoms. The Labute approximate surface area is 190 Å². The van der Waals surface area contributed by atoms with Crippen LogP contribution in [0.5, 0.6) is 0 Å². The van der Waals surface area contributed by atoms with Gasteiger partial charge in [0, 0.05) is 34.4 Å². The van der Waals surface area contributed by atoms with Gasteiger partial charge in [-0.1, -0.05) is 96.1 Å². The van der Waals surface area contributed by atoms with E-state index in [0.717, 1.165) is 5.57 Å². The summed E-state index contributed by atoms with van der Waals surface area (Å²) in [7, 11) is 0. The van der Waals surface area contributed by atoms with Gasteiger partial charge in [0.2, 0.25) is 0 Å². The van der Waals surface area contributed by atoms with E-state index in [9.17, 15) is 0 Å². The smallest absolute Gasteiger partial charge is 0.100 e. The van der Waals surface area contributed by atoms with Crippen LogP contribution in [0.1, 0.15) is 81.2 Å². The first-order valence-corrected chi connectivity index (χ1v) is 11.6. The molecule has 0 radical (unpaired) electrons. The van der Waals surface area contributed by atoms with Gasteiger partial charge in [-0.15, -0.1) is 0 Å². The average molecular weight is 417 g/mol. The maximum Gasteiger partial charge on any atom is 0.100 e. The SMILES string of the molecule is C=C1c2c(c(C)n(-c3ccccc3)c2C)C=N[C@@H]1c1ccc(C)cc1.CC.CC.CC. The molecule has 1 aliphatic heterocycles. The van der Waals surface area contributed by atoms with Gasteiger partial charge in [-0.05, 0) is 44.0 Å². The summed E-state index contributed by atoms with van der Waals surface area (Å²) >= 11 is 0. The van der Waals surface area contributed by atoms with Gasteiger partial charge in [0.05, 0.1) is 0 Å². The van der Waals surface area contributed by atoms with Crippen LogP contribution in [0.15, 0.2) is 66.2 Å². The third-order valence-corrected chi connectivity index (χ3v) is 5.10. The van der Waals surface area contributed by atoms with Gasteiger partial charge >= 0.3 is 0 Å². The fourth-order valence-electron chi connectivity index (χ4n) is 3.80. The zero-order chi connectivity index (χ0) is 23.6. The molecule has 0 saturated heterocycles. The molecule has 1 aromatic heterocycles. The second kappa shape index (κ2) is 12.7. The summed E-state index contributed by atoms with van der Waals surface area (Å²) in [5.74, 6) is 0. The quantitative estimate of drug-likeness (QED) is 0.397. The standard InChI is InChI=1S/C23H22N2.3C2H6/c1-15-10-12-19(13-11-15)23-16(2)22-18(4)25(17(3)21(22)14-24-23)20-8-6-5-7-9-20;3*1-2/h5-14,23H,2H2,1,3-4H3;3*1-2H3/t23-;;;/m0.../s1. The lowest BCUT2D eigenvalue weighted by Gasteiger charge is -2.21. The van der Waals surface area contributed by atoms with Gasteiger partial charge in [0.15, 0.2) is 0 Å². The molecule has 3 aromatic rings. The second-order valence-electron chi connectivity index (χ2n) is 6.75. The highest BCUT2D eigenvalue weighted by Gasteiger charge is 2.27. The molecule has 4 rings (SSSR count). The number of aliphatic imine (C=N–C) groups is 1. The molecular formula is C29H40N2. The Morgan fingerprint density at radius 2 is 1.29 bits per heavy atom. The van der Waals surface area contributed by atoms with E-state index in [1.54, 1.807) is 0 Å². The molecule has 0 N–H and O–H groups in total. The maximum absolute atomic E-state index is 4.82. The number of aryl methyl sites for hydroxylation is 1. The van der Waals surface area contributed by atoms with Crippen LogP contribution in [-0.2, 0) is 0 Å². The van der Waals surface area contributed by atoms with Gasteiger partial charge in [0.25, 0.3) is 0 Å². The van der Waals surface area contributed by atoms with Gasteiger partial charge < -0.3 is 4.57 Å². The molecule has 2 nitrogen and oxygen atoms in total. The monoisotopic (exact) mass is 416 g/mol. The van der Waals surface area contributed by atoms with Crippen molar-refractivity contribution in [1.82, 2.24) is 4.57 Å². The van der Waals surface area contributed by atoms with E-state index in [1.165, 1.54) is 39.3 Å². The number of hydrogen-bond acceptors (Lipinski definition) is 1. The molecule has 2 aromatic carbocycles. The zero-order valence-corrected chi connectivity index (χ0v) is 21.0. The van der Waals surface area contributed by atoms with E-state index in [0.29, 0.717) is 0 Å². The largest absolute Gasteiger partial charge is 0.317 e. The molecule has 2 heterocycles. The first kappa shape index (κ1) is 26.2. The van der Waals surface area contributed by atoms with Gasteiger partial charge in [0.1, 0.15) is 6.04 Å². The third-order valence-electron chi connectivity index (χ3n) is 5.10. The van der Waals surface area contributed by atoms with Crippen molar-refractivity contribution in [3.63, 3.8) is 0 Å². The van der Waals surface area contributed by atoms with Crippen molar-refractivity contribution in [3.05, 3.63) is 94.8 Å². The predicted molar refractivity (Wildman–Crippen MR) is 140 cm³/mol. The molecule has 0 fully saturated rings. The van der Waals surface area contributed by atoms with Crippen LogP contribution in [0.2, 0.25) is 0 Å². The van der Waals surface area contributed by atoms with Gasteiger partial charge in [-0.3, -0.25) is 4.99 Å². The fraction of sp³-hybridized carbons (Fsp3) is 0.345. The average Bonchev–Trinajstić information content (AvgIpc) is 3.10. The summed E-state index contributed by atoms with van der Waals surface area (Å²) in [4.78, 5) is 4.82. The number of rotatable bonds is 2. The fourth-order valence-corrected chi connectivity index (χ4v) is 3.80. The van der Waals surface area contributed by atoms with Crippen LogP contribution in [0.4, 0.5) is 0 Å². The third kappa shape index (κ3) is 5.44. The summed E-state index contributed by atoms with van der Waals surface area (Å²) < 4.78 is 2.30. The summed E-state index contributed by atoms with van der Waals surface area (Å²) in [6.45, 7) is 22.9. The van der Waals surface area contributed by atoms with E-state index in [1.807, 2.05) is 53.8 Å². The molecule has 0 saturated carbocycles. The Morgan fingerprint density at radius 3 is 1.84 bits per heavy atom. The Bertz CT molecular complexity index is 974. The summed E-state index contributed by atoms with van der Waals surface area (Å²) in [6, 6.07) is 19.1. The lowest BCUT2D eigenvalue weighted by molar-refractivity contribution is 0.926. The van der Waals surface area contributed by atoms with Crippen LogP contribution in [0.25, 0.3) is 11.3 Å². The molecule has 0 amide bonds. The first-order valence-electron chi connectivity index (χ1n) is 11.6. The van der Waals surface area contributed by atoms with Gasteiger partial charge in [-0.2, -0.15) is 0 Å². The zero-order valence-electron chi connectivity index (χ0n) is 21.0. The number of aromatic nitrogens is 1. The van der Waals surface area contributed by atoms with E-state index >= 15 is 0 Å². The molecule has 1 aliphatic rings. The summed E-state index contributed by atoms with van der Waals surface area (Å²) in [5.41, 5.74) is 9.59. The van der Waals surface area contributed by atoms with Crippen molar-refractivity contribution in [2.24, 2.45) is 4.99 Å². The number of fused-ring (bicyclic) bond motifs is 1. The number of nitrogens with zero attached hydrogens (tertiary/aromatic N) is 2. The number of hydrogen-bond donors (Lipinski definition) is 0. The Hall–Kier alpha value is -2.87. The molecule has 2 heteroatoms. The molecule has 0 unspecified atom stereocenters. The van der Waals surface area contributed by atoms with E-state index < -0.39 is 0 Å². The first-order chi connectivity index (χ1) is 15.1. The van der Waals surface area contributed by atoms with Crippen molar-refractivity contribution < 1.29 is 0 Å². The molecule has 31 heavy (non-hydrogen) atoms. The molecule has 0 bridgehead atoms. The van der Waals surface area contributed by atoms with E-state index in [-0.39, 0.29) is 6.04 Å². The number of benzene rings is 2. The highest BCUT2D eigenvalue weighted by molar-refractivity contribution is 5.96. The normalized spacial score (nSPS) is 13.6. The number of para-hydroxylation sites is 1. The minimum Gasteiger partial charge on any atom is -0.317 e. The summed E-state index contributed by atoms with van der Waals surface area (Å²) in [5, 5.41) is 0. The van der Waals surface area contributed by atoms with Crippen LogP contribution >= 0.6 is 0 Å². The highest BCUT2D eigenvalue weighted by atomic mass is 15.0. The summed E-state index contributed by atoms with van der Waals surface area (Å²) in [6.07, 6.45) is 2.02. The van der Waals surface area contributed by atoms with Crippen LogP contribution < -0.4 is 0 Å². The second-order valence-corrected chi connectivity index (χ2v) is 6.75. The van der Waals surface area contributed by atoms with Crippen molar-refractivity contribution >= 4 is 11.8 Å². The Morgan fingerprint density at radius 1 is 0.742 bits per heavy atom. The molecular weight excluding hydrogens is 376 g/mol. The van der Waals surface area contributed by atoms with Crippen LogP contribution in [0, 0.1) is 20.8 Å². The lowest BCUT2D eigenvalue weighted by atomic mass is 9.89. The molecule has 1 atom stereocenters. The topological polar surface area (TPSA) is 17.3 Å². The van der Waals surface area contributed by atoms with E-state index in [4.69, 9.17) is 4.99 Å². The van der Waals surface area contributed by atoms with Crippen LogP contribution in [-0.4, -0.2) is 10.8 Å².